The summed E-state index contributed by atoms with van der Waals surface area (Å²) in [6, 6.07) is 14.9. The zero-order chi connectivity index (χ0) is 14.8. The molecule has 0 saturated carbocycles. The lowest BCUT2D eigenvalue weighted by molar-refractivity contribution is 0.852. The fraction of sp³-hybridized carbons (Fsp3) is 0.222. The molecule has 0 amide bonds. The first-order chi connectivity index (χ1) is 10.2. The van der Waals surface area contributed by atoms with Crippen molar-refractivity contribution < 1.29 is 0 Å². The van der Waals surface area contributed by atoms with Crippen LogP contribution in [0.1, 0.15) is 25.3 Å². The Bertz CT molecular complexity index is 778. The summed E-state index contributed by atoms with van der Waals surface area (Å²) in [4.78, 5) is 8.88. The predicted molar refractivity (Wildman–Crippen MR) is 88.6 cm³/mol. The number of nitrogens with one attached hydrogen (secondary N) is 1. The molecule has 0 radical (unpaired) electrons. The zero-order valence-corrected chi connectivity index (χ0v) is 12.6. The van der Waals surface area contributed by atoms with E-state index in [0.717, 1.165) is 22.6 Å². The molecule has 1 aromatic heterocycles. The third-order valence-electron chi connectivity index (χ3n) is 3.72. The Kier molecular flexibility index (Phi) is 3.57. The van der Waals surface area contributed by atoms with Crippen LogP contribution in [0.4, 0.5) is 5.82 Å². The van der Waals surface area contributed by atoms with Gasteiger partial charge in [0.05, 0.1) is 5.69 Å². The van der Waals surface area contributed by atoms with E-state index in [-0.39, 0.29) is 0 Å². The molecule has 106 valence electrons. The number of rotatable bonds is 3. The van der Waals surface area contributed by atoms with Gasteiger partial charge in [-0.25, -0.2) is 9.97 Å². The molecule has 3 nitrogen and oxygen atoms in total. The molecule has 0 fully saturated rings. The molecule has 0 aliphatic carbocycles. The molecule has 0 aliphatic rings. The van der Waals surface area contributed by atoms with Crippen LogP contribution in [-0.4, -0.2) is 17.0 Å². The number of hydrogen-bond acceptors (Lipinski definition) is 3. The lowest BCUT2D eigenvalue weighted by Gasteiger charge is -2.16. The van der Waals surface area contributed by atoms with Crippen molar-refractivity contribution in [1.29, 1.82) is 0 Å². The maximum Gasteiger partial charge on any atom is 0.133 e. The maximum atomic E-state index is 4.53. The Hall–Kier alpha value is -2.42. The summed E-state index contributed by atoms with van der Waals surface area (Å²) in [7, 11) is 1.90. The van der Waals surface area contributed by atoms with Gasteiger partial charge in [-0.05, 0) is 22.8 Å². The van der Waals surface area contributed by atoms with Crippen molar-refractivity contribution in [3.8, 4) is 11.3 Å². The second kappa shape index (κ2) is 5.52. The second-order valence-corrected chi connectivity index (χ2v) is 5.45. The number of nitrogens with zero attached hydrogens (tertiary/aromatic N) is 2. The van der Waals surface area contributed by atoms with Crippen molar-refractivity contribution in [2.24, 2.45) is 0 Å². The molecule has 0 spiro atoms. The first-order valence-corrected chi connectivity index (χ1v) is 7.22. The molecule has 3 rings (SSSR count). The maximum absolute atomic E-state index is 4.53. The van der Waals surface area contributed by atoms with Crippen molar-refractivity contribution in [3.05, 3.63) is 54.4 Å². The van der Waals surface area contributed by atoms with E-state index in [1.54, 1.807) is 6.33 Å². The molecular weight excluding hydrogens is 258 g/mol. The van der Waals surface area contributed by atoms with E-state index >= 15 is 0 Å². The van der Waals surface area contributed by atoms with Crippen molar-refractivity contribution in [1.82, 2.24) is 9.97 Å². The highest BCUT2D eigenvalue weighted by molar-refractivity contribution is 5.87. The van der Waals surface area contributed by atoms with Gasteiger partial charge in [-0.1, -0.05) is 50.2 Å². The largest absolute Gasteiger partial charge is 0.373 e. The molecule has 21 heavy (non-hydrogen) atoms. The average Bonchev–Trinajstić information content (AvgIpc) is 2.53. The number of anilines is 1. The summed E-state index contributed by atoms with van der Waals surface area (Å²) < 4.78 is 0. The zero-order valence-electron chi connectivity index (χ0n) is 12.6. The third-order valence-corrected chi connectivity index (χ3v) is 3.72. The molecule has 2 aromatic carbocycles. The average molecular weight is 277 g/mol. The van der Waals surface area contributed by atoms with Crippen LogP contribution < -0.4 is 5.32 Å². The Morgan fingerprint density at radius 2 is 1.71 bits per heavy atom. The van der Waals surface area contributed by atoms with Gasteiger partial charge in [0, 0.05) is 18.2 Å². The van der Waals surface area contributed by atoms with E-state index in [2.05, 4.69) is 71.6 Å². The van der Waals surface area contributed by atoms with Gasteiger partial charge in [0.2, 0.25) is 0 Å². The van der Waals surface area contributed by atoms with E-state index in [1.807, 2.05) is 7.05 Å². The summed E-state index contributed by atoms with van der Waals surface area (Å²) in [6.45, 7) is 4.34. The Balaban J connectivity index is 2.22. The smallest absolute Gasteiger partial charge is 0.133 e. The predicted octanol–water partition coefficient (Wildman–Crippen LogP) is 4.46. The van der Waals surface area contributed by atoms with E-state index < -0.39 is 0 Å². The highest BCUT2D eigenvalue weighted by Gasteiger charge is 2.15. The van der Waals surface area contributed by atoms with Gasteiger partial charge in [0.25, 0.3) is 0 Å². The van der Waals surface area contributed by atoms with Gasteiger partial charge >= 0.3 is 0 Å². The standard InChI is InChI=1S/C18H19N3/c1-12(2)16-17(20-11-21-18(16)19-3)15-9-8-13-6-4-5-7-14(13)10-15/h4-12H,1-3H3,(H,19,20,21). The minimum Gasteiger partial charge on any atom is -0.373 e. The van der Waals surface area contributed by atoms with Gasteiger partial charge in [0.15, 0.2) is 0 Å². The van der Waals surface area contributed by atoms with Gasteiger partial charge in [0.1, 0.15) is 12.1 Å². The van der Waals surface area contributed by atoms with Gasteiger partial charge in [-0.3, -0.25) is 0 Å². The highest BCUT2D eigenvalue weighted by atomic mass is 15.0. The van der Waals surface area contributed by atoms with E-state index in [4.69, 9.17) is 0 Å². The van der Waals surface area contributed by atoms with Crippen molar-refractivity contribution in [2.75, 3.05) is 12.4 Å². The number of hydrogen-bond donors (Lipinski definition) is 1. The fourth-order valence-corrected chi connectivity index (χ4v) is 2.71. The molecule has 0 unspecified atom stereocenters. The van der Waals surface area contributed by atoms with Crippen LogP contribution in [-0.2, 0) is 0 Å². The minimum absolute atomic E-state index is 0.357. The summed E-state index contributed by atoms with van der Waals surface area (Å²) in [5.74, 6) is 1.26. The first-order valence-electron chi connectivity index (χ1n) is 7.22. The van der Waals surface area contributed by atoms with E-state index in [9.17, 15) is 0 Å². The molecular formula is C18H19N3. The van der Waals surface area contributed by atoms with Crippen LogP contribution in [0.2, 0.25) is 0 Å². The van der Waals surface area contributed by atoms with Crippen molar-refractivity contribution in [2.45, 2.75) is 19.8 Å². The minimum atomic E-state index is 0.357. The number of benzene rings is 2. The lowest BCUT2D eigenvalue weighted by Crippen LogP contribution is -2.04. The number of aromatic nitrogens is 2. The molecule has 1 N–H and O–H groups in total. The Morgan fingerprint density at radius 3 is 2.43 bits per heavy atom. The highest BCUT2D eigenvalue weighted by Crippen LogP contribution is 2.32. The van der Waals surface area contributed by atoms with Crippen LogP contribution in [0.25, 0.3) is 22.0 Å². The molecule has 1 heterocycles. The van der Waals surface area contributed by atoms with Crippen LogP contribution in [0.3, 0.4) is 0 Å². The quantitative estimate of drug-likeness (QED) is 0.768. The summed E-state index contributed by atoms with van der Waals surface area (Å²) >= 11 is 0. The normalized spacial score (nSPS) is 11.0. The summed E-state index contributed by atoms with van der Waals surface area (Å²) in [6.07, 6.45) is 1.63. The molecule has 0 saturated heterocycles. The summed E-state index contributed by atoms with van der Waals surface area (Å²) in [5, 5.41) is 5.65. The van der Waals surface area contributed by atoms with Gasteiger partial charge < -0.3 is 5.32 Å². The van der Waals surface area contributed by atoms with Crippen molar-refractivity contribution in [3.63, 3.8) is 0 Å². The molecule has 3 heteroatoms. The fourth-order valence-electron chi connectivity index (χ4n) is 2.71. The van der Waals surface area contributed by atoms with Gasteiger partial charge in [-0.2, -0.15) is 0 Å². The van der Waals surface area contributed by atoms with E-state index in [1.165, 1.54) is 10.8 Å². The van der Waals surface area contributed by atoms with E-state index in [0.29, 0.717) is 5.92 Å². The van der Waals surface area contributed by atoms with Gasteiger partial charge in [-0.15, -0.1) is 0 Å². The Morgan fingerprint density at radius 1 is 0.952 bits per heavy atom. The SMILES string of the molecule is CNc1ncnc(-c2ccc3ccccc3c2)c1C(C)C. The molecule has 0 atom stereocenters. The number of fused-ring (bicyclic) bond motifs is 1. The molecule has 3 aromatic rings. The monoisotopic (exact) mass is 277 g/mol. The van der Waals surface area contributed by atoms with Crippen molar-refractivity contribution >= 4 is 16.6 Å². The summed E-state index contributed by atoms with van der Waals surface area (Å²) in [5.41, 5.74) is 3.31. The van der Waals surface area contributed by atoms with Crippen LogP contribution in [0.15, 0.2) is 48.8 Å². The third kappa shape index (κ3) is 2.47. The first kappa shape index (κ1) is 13.6. The van der Waals surface area contributed by atoms with Crippen LogP contribution in [0, 0.1) is 0 Å². The lowest BCUT2D eigenvalue weighted by atomic mass is 9.96. The van der Waals surface area contributed by atoms with Crippen LogP contribution >= 0.6 is 0 Å². The molecule has 0 aliphatic heterocycles. The Labute approximate surface area is 125 Å². The van der Waals surface area contributed by atoms with Crippen LogP contribution in [0.5, 0.6) is 0 Å². The topological polar surface area (TPSA) is 37.8 Å². The second-order valence-electron chi connectivity index (χ2n) is 5.45. The molecule has 0 bridgehead atoms.